The van der Waals surface area contributed by atoms with Crippen LogP contribution in [0.4, 0.5) is 29.5 Å². The molecule has 3 heterocycles. The van der Waals surface area contributed by atoms with Crippen LogP contribution in [0, 0.1) is 0 Å². The van der Waals surface area contributed by atoms with Crippen LogP contribution >= 0.6 is 0 Å². The molecule has 0 bridgehead atoms. The molecule has 9 heteroatoms. The molecule has 1 fully saturated rings. The number of rotatable bonds is 2. The molecule has 4 aromatic rings. The van der Waals surface area contributed by atoms with Crippen molar-refractivity contribution in [2.75, 3.05) is 36.4 Å². The van der Waals surface area contributed by atoms with Crippen LogP contribution in [0.3, 0.4) is 0 Å². The summed E-state index contributed by atoms with van der Waals surface area (Å²) in [6.45, 7) is 2.24. The van der Waals surface area contributed by atoms with Gasteiger partial charge in [0.25, 0.3) is 0 Å². The summed E-state index contributed by atoms with van der Waals surface area (Å²) in [6.07, 6.45) is -1.73. The third-order valence-electron chi connectivity index (χ3n) is 5.87. The van der Waals surface area contributed by atoms with Gasteiger partial charge < -0.3 is 19.5 Å². The molecule has 0 saturated carbocycles. The third-order valence-corrected chi connectivity index (χ3v) is 5.87. The van der Waals surface area contributed by atoms with Crippen molar-refractivity contribution in [2.45, 2.75) is 12.6 Å². The fraction of sp³-hybridized carbons (Fsp3) is 0.250. The Morgan fingerprint density at radius 2 is 1.73 bits per heavy atom. The molecule has 0 spiro atoms. The van der Waals surface area contributed by atoms with E-state index in [1.54, 1.807) is 4.90 Å². The number of nitrogens with one attached hydrogen (secondary N) is 1. The number of hydrogen-bond acceptors (Lipinski definition) is 3. The Kier molecular flexibility index (Phi) is 5.32. The molecular formula is C24H22F3N5O. The maximum atomic E-state index is 13.0. The van der Waals surface area contributed by atoms with Crippen LogP contribution in [-0.4, -0.2) is 46.5 Å². The molecule has 170 valence electrons. The van der Waals surface area contributed by atoms with Crippen LogP contribution in [-0.2, 0) is 6.18 Å². The predicted octanol–water partition coefficient (Wildman–Crippen LogP) is 5.25. The van der Waals surface area contributed by atoms with Gasteiger partial charge in [-0.15, -0.1) is 0 Å². The molecule has 1 N–H and O–H groups in total. The van der Waals surface area contributed by atoms with Crippen molar-refractivity contribution in [2.24, 2.45) is 0 Å². The van der Waals surface area contributed by atoms with Crippen molar-refractivity contribution < 1.29 is 18.0 Å². The number of halogens is 3. The van der Waals surface area contributed by atoms with Crippen molar-refractivity contribution in [1.29, 1.82) is 0 Å². The first-order valence-electron chi connectivity index (χ1n) is 10.7. The lowest BCUT2D eigenvalue weighted by molar-refractivity contribution is -0.137. The standard InChI is InChI=1S/C24H22F3N5O/c25-24(26,27)17-6-3-7-18(16-17)28-23(33)31-12-5-11-30(14-15-31)22-21-10-4-13-32(21)20-9-2-1-8-19(20)29-22/h1-4,6-10,13,16H,5,11-12,14-15H2,(H,28,33). The lowest BCUT2D eigenvalue weighted by atomic mass is 10.2. The fourth-order valence-electron chi connectivity index (χ4n) is 4.25. The van der Waals surface area contributed by atoms with Gasteiger partial charge in [0.1, 0.15) is 0 Å². The molecule has 6 nitrogen and oxygen atoms in total. The first-order chi connectivity index (χ1) is 15.9. The van der Waals surface area contributed by atoms with E-state index in [2.05, 4.69) is 14.6 Å². The highest BCUT2D eigenvalue weighted by molar-refractivity contribution is 5.89. The van der Waals surface area contributed by atoms with Crippen molar-refractivity contribution in [3.05, 3.63) is 72.4 Å². The Bertz CT molecular complexity index is 1320. The van der Waals surface area contributed by atoms with Crippen LogP contribution < -0.4 is 10.2 Å². The maximum Gasteiger partial charge on any atom is 0.416 e. The van der Waals surface area contributed by atoms with Crippen LogP contribution in [0.2, 0.25) is 0 Å². The number of alkyl halides is 3. The highest BCUT2D eigenvalue weighted by Crippen LogP contribution is 2.31. The first-order valence-corrected chi connectivity index (χ1v) is 10.7. The van der Waals surface area contributed by atoms with Crippen LogP contribution in [0.1, 0.15) is 12.0 Å². The van der Waals surface area contributed by atoms with E-state index in [4.69, 9.17) is 4.98 Å². The molecule has 2 amide bonds. The molecule has 2 aromatic carbocycles. The van der Waals surface area contributed by atoms with Gasteiger partial charge in [-0.2, -0.15) is 13.2 Å². The average Bonchev–Trinajstić information content (AvgIpc) is 3.16. The van der Waals surface area contributed by atoms with E-state index in [0.29, 0.717) is 19.6 Å². The van der Waals surface area contributed by atoms with Crippen molar-refractivity contribution >= 4 is 34.1 Å². The minimum absolute atomic E-state index is 0.127. The minimum Gasteiger partial charge on any atom is -0.353 e. The number of para-hydroxylation sites is 2. The van der Waals surface area contributed by atoms with Crippen LogP contribution in [0.5, 0.6) is 0 Å². The molecule has 1 aliphatic heterocycles. The average molecular weight is 453 g/mol. The van der Waals surface area contributed by atoms with Crippen molar-refractivity contribution in [3.8, 4) is 0 Å². The molecule has 1 saturated heterocycles. The normalized spacial score (nSPS) is 15.1. The summed E-state index contributed by atoms with van der Waals surface area (Å²) in [5.41, 5.74) is 2.25. The zero-order valence-electron chi connectivity index (χ0n) is 17.7. The first kappa shape index (κ1) is 21.1. The van der Waals surface area contributed by atoms with Gasteiger partial charge >= 0.3 is 12.2 Å². The second kappa shape index (κ2) is 8.31. The molecule has 0 aliphatic carbocycles. The smallest absolute Gasteiger partial charge is 0.353 e. The summed E-state index contributed by atoms with van der Waals surface area (Å²) >= 11 is 0. The van der Waals surface area contributed by atoms with Crippen LogP contribution in [0.15, 0.2) is 66.9 Å². The van der Waals surface area contributed by atoms with Gasteiger partial charge in [-0.1, -0.05) is 18.2 Å². The van der Waals surface area contributed by atoms with E-state index in [1.807, 2.05) is 42.6 Å². The van der Waals surface area contributed by atoms with E-state index in [0.717, 1.165) is 47.5 Å². The molecule has 33 heavy (non-hydrogen) atoms. The molecule has 5 rings (SSSR count). The SMILES string of the molecule is O=C(Nc1cccc(C(F)(F)F)c1)N1CCCN(c2nc3ccccc3n3cccc23)CC1. The Morgan fingerprint density at radius 3 is 2.58 bits per heavy atom. The topological polar surface area (TPSA) is 52.9 Å². The molecule has 0 radical (unpaired) electrons. The number of amides is 2. The quantitative estimate of drug-likeness (QED) is 0.451. The summed E-state index contributed by atoms with van der Waals surface area (Å²) in [4.78, 5) is 21.5. The number of hydrogen-bond donors (Lipinski definition) is 1. The number of aromatic nitrogens is 2. The summed E-state index contributed by atoms with van der Waals surface area (Å²) in [6, 6.07) is 16.2. The third kappa shape index (κ3) is 4.18. The Hall–Kier alpha value is -3.75. The maximum absolute atomic E-state index is 13.0. The van der Waals surface area contributed by atoms with E-state index < -0.39 is 17.8 Å². The monoisotopic (exact) mass is 453 g/mol. The number of carbonyl (C=O) groups excluding carboxylic acids is 1. The molecule has 0 atom stereocenters. The van der Waals surface area contributed by atoms with Crippen LogP contribution in [0.25, 0.3) is 16.6 Å². The summed E-state index contributed by atoms with van der Waals surface area (Å²) in [5, 5.41) is 2.60. The highest BCUT2D eigenvalue weighted by atomic mass is 19.4. The lowest BCUT2D eigenvalue weighted by Crippen LogP contribution is -2.38. The second-order valence-corrected chi connectivity index (χ2v) is 8.02. The Balaban J connectivity index is 1.33. The summed E-state index contributed by atoms with van der Waals surface area (Å²) in [5.74, 6) is 0.860. The van der Waals surface area contributed by atoms with Gasteiger partial charge in [0.2, 0.25) is 0 Å². The number of benzene rings is 2. The predicted molar refractivity (Wildman–Crippen MR) is 122 cm³/mol. The number of fused-ring (bicyclic) bond motifs is 3. The Morgan fingerprint density at radius 1 is 0.909 bits per heavy atom. The van der Waals surface area contributed by atoms with E-state index >= 15 is 0 Å². The number of anilines is 2. The zero-order chi connectivity index (χ0) is 23.0. The minimum atomic E-state index is -4.46. The van der Waals surface area contributed by atoms with E-state index in [1.165, 1.54) is 12.1 Å². The van der Waals surface area contributed by atoms with Gasteiger partial charge in [0.05, 0.1) is 22.1 Å². The van der Waals surface area contributed by atoms with Gasteiger partial charge in [-0.05, 0) is 48.9 Å². The summed E-state index contributed by atoms with van der Waals surface area (Å²) < 4.78 is 41.0. The van der Waals surface area contributed by atoms with Gasteiger partial charge in [0, 0.05) is 38.1 Å². The lowest BCUT2D eigenvalue weighted by Gasteiger charge is -2.24. The number of urea groups is 1. The van der Waals surface area contributed by atoms with Crippen molar-refractivity contribution in [1.82, 2.24) is 14.3 Å². The molecule has 0 unspecified atom stereocenters. The van der Waals surface area contributed by atoms with Gasteiger partial charge in [-0.25, -0.2) is 9.78 Å². The van der Waals surface area contributed by atoms with E-state index in [-0.39, 0.29) is 5.69 Å². The Labute approximate surface area is 188 Å². The second-order valence-electron chi connectivity index (χ2n) is 8.02. The van der Waals surface area contributed by atoms with E-state index in [9.17, 15) is 18.0 Å². The fourth-order valence-corrected chi connectivity index (χ4v) is 4.25. The van der Waals surface area contributed by atoms with Gasteiger partial charge in [-0.3, -0.25) is 0 Å². The van der Waals surface area contributed by atoms with Crippen molar-refractivity contribution in [3.63, 3.8) is 0 Å². The number of nitrogens with zero attached hydrogens (tertiary/aromatic N) is 4. The molecular weight excluding hydrogens is 431 g/mol. The highest BCUT2D eigenvalue weighted by Gasteiger charge is 2.30. The molecule has 2 aromatic heterocycles. The largest absolute Gasteiger partial charge is 0.416 e. The molecule has 1 aliphatic rings. The zero-order valence-corrected chi connectivity index (χ0v) is 17.7. The number of carbonyl (C=O) groups is 1. The summed E-state index contributed by atoms with van der Waals surface area (Å²) in [7, 11) is 0. The van der Waals surface area contributed by atoms with Gasteiger partial charge in [0.15, 0.2) is 5.82 Å².